The van der Waals surface area contributed by atoms with Crippen molar-refractivity contribution in [1.82, 2.24) is 10.1 Å². The lowest BCUT2D eigenvalue weighted by atomic mass is 9.84. The maximum Gasteiger partial charge on any atom is 0.231 e. The van der Waals surface area contributed by atoms with Crippen molar-refractivity contribution in [2.75, 3.05) is 12.4 Å². The monoisotopic (exact) mass is 313 g/mol. The number of hydrogen-bond acceptors (Lipinski definition) is 4. The van der Waals surface area contributed by atoms with E-state index in [1.165, 1.54) is 0 Å². The Labute approximate surface area is 134 Å². The van der Waals surface area contributed by atoms with Gasteiger partial charge in [-0.3, -0.25) is 9.59 Å². The molecule has 23 heavy (non-hydrogen) atoms. The smallest absolute Gasteiger partial charge is 0.231 e. The highest BCUT2D eigenvalue weighted by Gasteiger charge is 2.38. The summed E-state index contributed by atoms with van der Waals surface area (Å²) >= 11 is 0. The second-order valence-electron chi connectivity index (χ2n) is 5.82. The second kappa shape index (κ2) is 6.24. The van der Waals surface area contributed by atoms with Gasteiger partial charge in [0.2, 0.25) is 11.8 Å². The van der Waals surface area contributed by atoms with Crippen LogP contribution in [0.15, 0.2) is 40.9 Å². The number of benzene rings is 1. The standard InChI is InChI=1S/C17H19N3O3/c1-11-10-14(19-23-11)18-17(22)13-8-9-15(21)20(2)16(13)12-6-4-3-5-7-12/h3-7,10,13,16H,8-9H2,1-2H3,(H,18,19,22). The molecule has 2 heterocycles. The molecule has 6 heteroatoms. The van der Waals surface area contributed by atoms with Crippen LogP contribution in [-0.2, 0) is 9.59 Å². The van der Waals surface area contributed by atoms with Crippen molar-refractivity contribution in [1.29, 1.82) is 0 Å². The number of piperidine rings is 1. The third kappa shape index (κ3) is 3.11. The molecule has 1 N–H and O–H groups in total. The summed E-state index contributed by atoms with van der Waals surface area (Å²) in [7, 11) is 1.75. The summed E-state index contributed by atoms with van der Waals surface area (Å²) in [4.78, 5) is 26.4. The molecule has 1 aliphatic heterocycles. The Bertz CT molecular complexity index is 711. The van der Waals surface area contributed by atoms with Gasteiger partial charge in [-0.05, 0) is 18.9 Å². The molecule has 1 aromatic carbocycles. The average molecular weight is 313 g/mol. The van der Waals surface area contributed by atoms with Crippen LogP contribution in [0.1, 0.15) is 30.2 Å². The van der Waals surface area contributed by atoms with Gasteiger partial charge in [-0.25, -0.2) is 0 Å². The van der Waals surface area contributed by atoms with Crippen LogP contribution in [0.2, 0.25) is 0 Å². The fourth-order valence-electron chi connectivity index (χ4n) is 3.06. The minimum Gasteiger partial charge on any atom is -0.360 e. The minimum atomic E-state index is -0.322. The molecular formula is C17H19N3O3. The van der Waals surface area contributed by atoms with E-state index in [1.54, 1.807) is 24.9 Å². The molecule has 2 atom stereocenters. The molecule has 1 aromatic heterocycles. The fourth-order valence-corrected chi connectivity index (χ4v) is 3.06. The number of aromatic nitrogens is 1. The van der Waals surface area contributed by atoms with Gasteiger partial charge < -0.3 is 14.7 Å². The summed E-state index contributed by atoms with van der Waals surface area (Å²) in [6.45, 7) is 1.77. The van der Waals surface area contributed by atoms with Crippen molar-refractivity contribution in [3.05, 3.63) is 47.7 Å². The molecule has 0 bridgehead atoms. The van der Waals surface area contributed by atoms with E-state index < -0.39 is 0 Å². The molecule has 2 amide bonds. The van der Waals surface area contributed by atoms with Gasteiger partial charge in [0.05, 0.1) is 12.0 Å². The second-order valence-corrected chi connectivity index (χ2v) is 5.82. The molecule has 1 aliphatic rings. The van der Waals surface area contributed by atoms with Gasteiger partial charge in [0.1, 0.15) is 5.76 Å². The van der Waals surface area contributed by atoms with Crippen LogP contribution >= 0.6 is 0 Å². The zero-order valence-corrected chi connectivity index (χ0v) is 13.2. The number of rotatable bonds is 3. The van der Waals surface area contributed by atoms with Gasteiger partial charge in [-0.15, -0.1) is 0 Å². The molecule has 1 fully saturated rings. The molecule has 120 valence electrons. The fraction of sp³-hybridized carbons (Fsp3) is 0.353. The van der Waals surface area contributed by atoms with E-state index in [-0.39, 0.29) is 23.8 Å². The van der Waals surface area contributed by atoms with Crippen LogP contribution in [0.5, 0.6) is 0 Å². The molecular weight excluding hydrogens is 294 g/mol. The van der Waals surface area contributed by atoms with E-state index in [1.807, 2.05) is 30.3 Å². The van der Waals surface area contributed by atoms with Crippen molar-refractivity contribution in [3.8, 4) is 0 Å². The number of anilines is 1. The van der Waals surface area contributed by atoms with Crippen molar-refractivity contribution < 1.29 is 14.1 Å². The Morgan fingerprint density at radius 1 is 1.35 bits per heavy atom. The summed E-state index contributed by atoms with van der Waals surface area (Å²) in [5.41, 5.74) is 0.958. The Kier molecular flexibility index (Phi) is 4.14. The van der Waals surface area contributed by atoms with Gasteiger partial charge in [0, 0.05) is 19.5 Å². The first-order chi connectivity index (χ1) is 11.1. The van der Waals surface area contributed by atoms with Gasteiger partial charge in [0.25, 0.3) is 0 Å². The predicted molar refractivity (Wildman–Crippen MR) is 84.5 cm³/mol. The lowest BCUT2D eigenvalue weighted by Crippen LogP contribution is -2.44. The summed E-state index contributed by atoms with van der Waals surface area (Å²) in [5.74, 6) is 0.624. The predicted octanol–water partition coefficient (Wildman–Crippen LogP) is 2.53. The lowest BCUT2D eigenvalue weighted by Gasteiger charge is -2.38. The number of hydrogen-bond donors (Lipinski definition) is 1. The number of nitrogens with zero attached hydrogens (tertiary/aromatic N) is 2. The number of likely N-dealkylation sites (tertiary alicyclic amines) is 1. The summed E-state index contributed by atoms with van der Waals surface area (Å²) in [6.07, 6.45) is 0.890. The zero-order valence-electron chi connectivity index (χ0n) is 13.2. The van der Waals surface area contributed by atoms with Crippen molar-refractivity contribution >= 4 is 17.6 Å². The van der Waals surface area contributed by atoms with Gasteiger partial charge >= 0.3 is 0 Å². The molecule has 0 aliphatic carbocycles. The Morgan fingerprint density at radius 2 is 2.09 bits per heavy atom. The Hall–Kier alpha value is -2.63. The van der Waals surface area contributed by atoms with Crippen LogP contribution in [0.25, 0.3) is 0 Å². The quantitative estimate of drug-likeness (QED) is 0.945. The highest BCUT2D eigenvalue weighted by molar-refractivity contribution is 5.94. The van der Waals surface area contributed by atoms with E-state index >= 15 is 0 Å². The van der Waals surface area contributed by atoms with E-state index in [0.717, 1.165) is 5.56 Å². The summed E-state index contributed by atoms with van der Waals surface area (Å²) in [5, 5.41) is 6.58. The van der Waals surface area contributed by atoms with Crippen LogP contribution in [0.3, 0.4) is 0 Å². The van der Waals surface area contributed by atoms with E-state index in [4.69, 9.17) is 4.52 Å². The van der Waals surface area contributed by atoms with Crippen LogP contribution in [0, 0.1) is 12.8 Å². The SMILES string of the molecule is Cc1cc(NC(=O)C2CCC(=O)N(C)C2c2ccccc2)no1. The van der Waals surface area contributed by atoms with Gasteiger partial charge in [0.15, 0.2) is 5.82 Å². The largest absolute Gasteiger partial charge is 0.360 e. The first kappa shape index (κ1) is 15.3. The molecule has 0 spiro atoms. The Morgan fingerprint density at radius 3 is 2.74 bits per heavy atom. The van der Waals surface area contributed by atoms with Crippen LogP contribution in [0.4, 0.5) is 5.82 Å². The van der Waals surface area contributed by atoms with Gasteiger partial charge in [-0.1, -0.05) is 35.5 Å². The minimum absolute atomic E-state index is 0.0557. The molecule has 0 radical (unpaired) electrons. The maximum atomic E-state index is 12.7. The normalized spacial score (nSPS) is 21.3. The molecule has 6 nitrogen and oxygen atoms in total. The molecule has 3 rings (SSSR count). The number of amides is 2. The van der Waals surface area contributed by atoms with Crippen molar-refractivity contribution in [2.24, 2.45) is 5.92 Å². The highest BCUT2D eigenvalue weighted by atomic mass is 16.5. The molecule has 2 unspecified atom stereocenters. The number of carbonyl (C=O) groups is 2. The maximum absolute atomic E-state index is 12.7. The molecule has 0 saturated carbocycles. The number of aryl methyl sites for hydroxylation is 1. The molecule has 1 saturated heterocycles. The van der Waals surface area contributed by atoms with E-state index in [2.05, 4.69) is 10.5 Å². The molecule has 2 aromatic rings. The third-order valence-electron chi connectivity index (χ3n) is 4.22. The van der Waals surface area contributed by atoms with Crippen molar-refractivity contribution in [2.45, 2.75) is 25.8 Å². The number of carbonyl (C=O) groups excluding carboxylic acids is 2. The van der Waals surface area contributed by atoms with Gasteiger partial charge in [-0.2, -0.15) is 0 Å². The first-order valence-electron chi connectivity index (χ1n) is 7.61. The average Bonchev–Trinajstić information content (AvgIpc) is 2.95. The highest BCUT2D eigenvalue weighted by Crippen LogP contribution is 2.36. The lowest BCUT2D eigenvalue weighted by molar-refractivity contribution is -0.140. The number of nitrogens with one attached hydrogen (secondary N) is 1. The first-order valence-corrected chi connectivity index (χ1v) is 7.61. The summed E-state index contributed by atoms with van der Waals surface area (Å²) in [6, 6.07) is 11.0. The third-order valence-corrected chi connectivity index (χ3v) is 4.22. The summed E-state index contributed by atoms with van der Waals surface area (Å²) < 4.78 is 4.97. The van der Waals surface area contributed by atoms with Crippen LogP contribution < -0.4 is 5.32 Å². The Balaban J connectivity index is 1.85. The van der Waals surface area contributed by atoms with E-state index in [9.17, 15) is 9.59 Å². The van der Waals surface area contributed by atoms with E-state index in [0.29, 0.717) is 24.4 Å². The van der Waals surface area contributed by atoms with Crippen LogP contribution in [-0.4, -0.2) is 28.9 Å². The topological polar surface area (TPSA) is 75.4 Å². The zero-order chi connectivity index (χ0) is 16.4. The van der Waals surface area contributed by atoms with Crippen molar-refractivity contribution in [3.63, 3.8) is 0 Å².